The van der Waals surface area contributed by atoms with Crippen LogP contribution in [0.3, 0.4) is 0 Å². The summed E-state index contributed by atoms with van der Waals surface area (Å²) in [7, 11) is 0. The summed E-state index contributed by atoms with van der Waals surface area (Å²) in [6.07, 6.45) is 5.40. The number of halogens is 1. The SMILES string of the molecule is CCCCC(CC)CN1CCOCC1CBr. The Hall–Kier alpha value is 0.400. The van der Waals surface area contributed by atoms with E-state index in [1.165, 1.54) is 32.2 Å². The van der Waals surface area contributed by atoms with Gasteiger partial charge in [0.15, 0.2) is 0 Å². The zero-order valence-electron chi connectivity index (χ0n) is 10.8. The van der Waals surface area contributed by atoms with Gasteiger partial charge in [0.05, 0.1) is 13.2 Å². The molecule has 1 rings (SSSR count). The van der Waals surface area contributed by atoms with Gasteiger partial charge in [-0.1, -0.05) is 49.0 Å². The van der Waals surface area contributed by atoms with Gasteiger partial charge in [-0.3, -0.25) is 4.90 Å². The maximum atomic E-state index is 5.53. The minimum absolute atomic E-state index is 0.587. The standard InChI is InChI=1S/C13H26BrNO/c1-3-5-6-12(4-2)10-15-7-8-16-11-13(15)9-14/h12-13H,3-11H2,1-2H3. The molecule has 1 aliphatic rings. The maximum absolute atomic E-state index is 5.53. The first-order chi connectivity index (χ1) is 7.81. The Balaban J connectivity index is 2.35. The smallest absolute Gasteiger partial charge is 0.0630 e. The van der Waals surface area contributed by atoms with Crippen LogP contribution in [0.15, 0.2) is 0 Å². The lowest BCUT2D eigenvalue weighted by atomic mass is 9.98. The number of alkyl halides is 1. The van der Waals surface area contributed by atoms with Crippen molar-refractivity contribution in [2.45, 2.75) is 45.6 Å². The quantitative estimate of drug-likeness (QED) is 0.668. The average Bonchev–Trinajstić information content (AvgIpc) is 2.34. The van der Waals surface area contributed by atoms with E-state index in [4.69, 9.17) is 4.74 Å². The van der Waals surface area contributed by atoms with Crippen LogP contribution in [0.2, 0.25) is 0 Å². The van der Waals surface area contributed by atoms with Gasteiger partial charge in [0.1, 0.15) is 0 Å². The summed E-state index contributed by atoms with van der Waals surface area (Å²) < 4.78 is 5.53. The average molecular weight is 292 g/mol. The second-order valence-electron chi connectivity index (χ2n) is 4.79. The number of hydrogen-bond donors (Lipinski definition) is 0. The number of ether oxygens (including phenoxy) is 1. The molecule has 2 unspecified atom stereocenters. The monoisotopic (exact) mass is 291 g/mol. The van der Waals surface area contributed by atoms with E-state index in [0.717, 1.165) is 31.0 Å². The Morgan fingerprint density at radius 3 is 2.88 bits per heavy atom. The van der Waals surface area contributed by atoms with E-state index in [2.05, 4.69) is 34.7 Å². The highest BCUT2D eigenvalue weighted by atomic mass is 79.9. The van der Waals surface area contributed by atoms with Crippen molar-refractivity contribution in [1.29, 1.82) is 0 Å². The third-order valence-corrected chi connectivity index (χ3v) is 4.31. The van der Waals surface area contributed by atoms with Gasteiger partial charge in [-0.25, -0.2) is 0 Å². The molecule has 96 valence electrons. The molecule has 16 heavy (non-hydrogen) atoms. The third-order valence-electron chi connectivity index (χ3n) is 3.56. The van der Waals surface area contributed by atoms with E-state index in [0.29, 0.717) is 6.04 Å². The molecule has 0 aromatic heterocycles. The van der Waals surface area contributed by atoms with Crippen molar-refractivity contribution in [3.8, 4) is 0 Å². The Kier molecular flexibility index (Phi) is 7.67. The van der Waals surface area contributed by atoms with Crippen LogP contribution < -0.4 is 0 Å². The van der Waals surface area contributed by atoms with Crippen molar-refractivity contribution >= 4 is 15.9 Å². The molecule has 0 spiro atoms. The third kappa shape index (κ3) is 4.72. The Morgan fingerprint density at radius 2 is 2.25 bits per heavy atom. The molecule has 1 aliphatic heterocycles. The van der Waals surface area contributed by atoms with Crippen molar-refractivity contribution in [2.24, 2.45) is 5.92 Å². The molecule has 2 atom stereocenters. The number of nitrogens with zero attached hydrogens (tertiary/aromatic N) is 1. The van der Waals surface area contributed by atoms with Gasteiger partial charge in [0, 0.05) is 24.5 Å². The molecule has 0 aliphatic carbocycles. The van der Waals surface area contributed by atoms with E-state index in [1.54, 1.807) is 0 Å². The van der Waals surface area contributed by atoms with Crippen LogP contribution in [0.5, 0.6) is 0 Å². The summed E-state index contributed by atoms with van der Waals surface area (Å²) in [5.41, 5.74) is 0. The fourth-order valence-corrected chi connectivity index (χ4v) is 2.92. The molecule has 3 heteroatoms. The normalized spacial score (nSPS) is 24.6. The lowest BCUT2D eigenvalue weighted by Crippen LogP contribution is -2.48. The van der Waals surface area contributed by atoms with E-state index >= 15 is 0 Å². The molecule has 1 saturated heterocycles. The summed E-state index contributed by atoms with van der Waals surface area (Å²) in [6, 6.07) is 0.587. The van der Waals surface area contributed by atoms with E-state index in [9.17, 15) is 0 Å². The minimum atomic E-state index is 0.587. The van der Waals surface area contributed by atoms with Crippen molar-refractivity contribution in [2.75, 3.05) is 31.6 Å². The Bertz CT molecular complexity index is 177. The fraction of sp³-hybridized carbons (Fsp3) is 1.00. The van der Waals surface area contributed by atoms with Crippen LogP contribution in [0.25, 0.3) is 0 Å². The first kappa shape index (κ1) is 14.5. The van der Waals surface area contributed by atoms with Gasteiger partial charge in [0.2, 0.25) is 0 Å². The lowest BCUT2D eigenvalue weighted by Gasteiger charge is -2.36. The van der Waals surface area contributed by atoms with Crippen LogP contribution in [0.4, 0.5) is 0 Å². The molecule has 0 bridgehead atoms. The summed E-state index contributed by atoms with van der Waals surface area (Å²) in [6.45, 7) is 8.78. The Morgan fingerprint density at radius 1 is 1.44 bits per heavy atom. The molecule has 0 aromatic rings. The van der Waals surface area contributed by atoms with E-state index in [1.807, 2.05) is 0 Å². The second-order valence-corrected chi connectivity index (χ2v) is 5.44. The Labute approximate surface area is 109 Å². The molecular formula is C13H26BrNO. The van der Waals surface area contributed by atoms with Gasteiger partial charge >= 0.3 is 0 Å². The lowest BCUT2D eigenvalue weighted by molar-refractivity contribution is -0.00595. The maximum Gasteiger partial charge on any atom is 0.0630 e. The molecule has 0 amide bonds. The predicted octanol–water partition coefficient (Wildman–Crippen LogP) is 3.30. The minimum Gasteiger partial charge on any atom is -0.378 e. The molecule has 0 saturated carbocycles. The molecule has 1 fully saturated rings. The summed E-state index contributed by atoms with van der Waals surface area (Å²) in [4.78, 5) is 2.61. The first-order valence-corrected chi connectivity index (χ1v) is 7.81. The van der Waals surface area contributed by atoms with Gasteiger partial charge < -0.3 is 4.74 Å². The molecule has 0 N–H and O–H groups in total. The van der Waals surface area contributed by atoms with Gasteiger partial charge in [-0.15, -0.1) is 0 Å². The zero-order valence-corrected chi connectivity index (χ0v) is 12.3. The zero-order chi connectivity index (χ0) is 11.8. The molecule has 0 aromatic carbocycles. The predicted molar refractivity (Wildman–Crippen MR) is 73.3 cm³/mol. The molecule has 2 nitrogen and oxygen atoms in total. The van der Waals surface area contributed by atoms with Crippen molar-refractivity contribution in [3.63, 3.8) is 0 Å². The van der Waals surface area contributed by atoms with Crippen molar-refractivity contribution in [3.05, 3.63) is 0 Å². The number of morpholine rings is 1. The highest BCUT2D eigenvalue weighted by Gasteiger charge is 2.23. The van der Waals surface area contributed by atoms with Crippen molar-refractivity contribution in [1.82, 2.24) is 4.90 Å². The van der Waals surface area contributed by atoms with Crippen LogP contribution in [-0.4, -0.2) is 42.6 Å². The van der Waals surface area contributed by atoms with Crippen LogP contribution >= 0.6 is 15.9 Å². The van der Waals surface area contributed by atoms with Crippen LogP contribution in [0.1, 0.15) is 39.5 Å². The molecular weight excluding hydrogens is 266 g/mol. The summed E-state index contributed by atoms with van der Waals surface area (Å²) >= 11 is 3.59. The highest BCUT2D eigenvalue weighted by molar-refractivity contribution is 9.09. The van der Waals surface area contributed by atoms with Crippen LogP contribution in [0, 0.1) is 5.92 Å². The second kappa shape index (κ2) is 8.48. The molecule has 1 heterocycles. The van der Waals surface area contributed by atoms with Crippen molar-refractivity contribution < 1.29 is 4.74 Å². The fourth-order valence-electron chi connectivity index (χ4n) is 2.32. The van der Waals surface area contributed by atoms with Gasteiger partial charge in [-0.2, -0.15) is 0 Å². The van der Waals surface area contributed by atoms with Crippen LogP contribution in [-0.2, 0) is 4.74 Å². The highest BCUT2D eigenvalue weighted by Crippen LogP contribution is 2.18. The number of rotatable bonds is 7. The topological polar surface area (TPSA) is 12.5 Å². The molecule has 0 radical (unpaired) electrons. The largest absolute Gasteiger partial charge is 0.378 e. The summed E-state index contributed by atoms with van der Waals surface area (Å²) in [5.74, 6) is 0.875. The number of hydrogen-bond acceptors (Lipinski definition) is 2. The van der Waals surface area contributed by atoms with E-state index in [-0.39, 0.29) is 0 Å². The number of unbranched alkanes of at least 4 members (excludes halogenated alkanes) is 1. The van der Waals surface area contributed by atoms with E-state index < -0.39 is 0 Å². The van der Waals surface area contributed by atoms with Gasteiger partial charge in [0.25, 0.3) is 0 Å². The summed E-state index contributed by atoms with van der Waals surface area (Å²) in [5, 5.41) is 1.04. The van der Waals surface area contributed by atoms with Gasteiger partial charge in [-0.05, 0) is 12.3 Å². The first-order valence-electron chi connectivity index (χ1n) is 6.69.